The van der Waals surface area contributed by atoms with E-state index in [1.807, 2.05) is 6.92 Å². The first-order valence-electron chi connectivity index (χ1n) is 12.1. The molecule has 1 fully saturated rings. The van der Waals surface area contributed by atoms with Crippen LogP contribution < -0.4 is 5.32 Å². The fraction of sp³-hybridized carbons (Fsp3) is 0.500. The minimum atomic E-state index is -4.57. The van der Waals surface area contributed by atoms with Crippen LogP contribution in [0.5, 0.6) is 0 Å². The Balaban J connectivity index is 1.80. The minimum absolute atomic E-state index is 0.00922. The number of carbonyl (C=O) groups excluding carboxylic acids is 1. The minimum Gasteiger partial charge on any atom is -0.348 e. The topological polar surface area (TPSA) is 52.7 Å². The van der Waals surface area contributed by atoms with Crippen LogP contribution in [0.3, 0.4) is 0 Å². The van der Waals surface area contributed by atoms with Crippen molar-refractivity contribution < 1.29 is 22.2 Å². The van der Waals surface area contributed by atoms with Gasteiger partial charge in [0.15, 0.2) is 0 Å². The van der Waals surface area contributed by atoms with Gasteiger partial charge in [0.1, 0.15) is 0 Å². The number of hydrogen-bond acceptors (Lipinski definition) is 4. The molecule has 3 rings (SSSR count). The molecule has 0 atom stereocenters. The highest BCUT2D eigenvalue weighted by molar-refractivity contribution is 8.02. The van der Waals surface area contributed by atoms with Gasteiger partial charge in [-0.05, 0) is 67.6 Å². The van der Waals surface area contributed by atoms with Crippen LogP contribution in [0.1, 0.15) is 47.8 Å². The van der Waals surface area contributed by atoms with Crippen LogP contribution in [-0.4, -0.2) is 64.1 Å². The summed E-state index contributed by atoms with van der Waals surface area (Å²) in [5.41, 5.74) is 0.136. The molecule has 200 valence electrons. The summed E-state index contributed by atoms with van der Waals surface area (Å²) in [6, 6.07) is 8.92. The second-order valence-electron chi connectivity index (χ2n) is 9.70. The Bertz CT molecular complexity index is 1130. The van der Waals surface area contributed by atoms with Crippen molar-refractivity contribution in [3.63, 3.8) is 0 Å². The average molecular weight is 546 g/mol. The quantitative estimate of drug-likeness (QED) is 0.466. The van der Waals surface area contributed by atoms with E-state index >= 15 is 0 Å². The van der Waals surface area contributed by atoms with Crippen molar-refractivity contribution in [2.75, 3.05) is 38.2 Å². The van der Waals surface area contributed by atoms with Crippen molar-refractivity contribution in [3.8, 4) is 0 Å². The second-order valence-corrected chi connectivity index (χ2v) is 13.4. The fourth-order valence-electron chi connectivity index (χ4n) is 4.38. The number of hydrogen-bond donors (Lipinski definition) is 2. The largest absolute Gasteiger partial charge is 0.416 e. The van der Waals surface area contributed by atoms with Crippen LogP contribution in [-0.2, 0) is 29.2 Å². The molecule has 2 aromatic rings. The molecule has 0 radical (unpaired) electrons. The Labute approximate surface area is 217 Å². The summed E-state index contributed by atoms with van der Waals surface area (Å²) in [6.07, 6.45) is -2.90. The molecule has 36 heavy (non-hydrogen) atoms. The van der Waals surface area contributed by atoms with Crippen LogP contribution in [0, 0.1) is 0 Å². The maximum Gasteiger partial charge on any atom is 0.416 e. The maximum atomic E-state index is 13.7. The van der Waals surface area contributed by atoms with Gasteiger partial charge in [0, 0.05) is 66.5 Å². The van der Waals surface area contributed by atoms with Crippen molar-refractivity contribution in [2.24, 2.45) is 0 Å². The molecule has 0 aromatic heterocycles. The van der Waals surface area contributed by atoms with E-state index in [0.29, 0.717) is 39.4 Å². The number of benzene rings is 2. The van der Waals surface area contributed by atoms with Crippen LogP contribution in [0.25, 0.3) is 0 Å². The fourth-order valence-corrected chi connectivity index (χ4v) is 6.06. The number of carbonyl (C=O) groups is 1. The van der Waals surface area contributed by atoms with E-state index in [0.717, 1.165) is 38.3 Å². The summed E-state index contributed by atoms with van der Waals surface area (Å²) in [7, 11) is -2.65. The number of nitrogens with zero attached hydrogens (tertiary/aromatic N) is 2. The Hall–Kier alpha value is -1.94. The highest BCUT2D eigenvalue weighted by Gasteiger charge is 2.32. The van der Waals surface area contributed by atoms with Gasteiger partial charge in [-0.1, -0.05) is 28.5 Å². The SMILES string of the molecule is CC[SH](C)(=O)c1ccc(Cl)cc1CNC(=O)c1cc(CN2CCN(C(C)C)CC2)cc(C(F)(F)F)c1. The molecule has 1 N–H and O–H groups in total. The smallest absolute Gasteiger partial charge is 0.348 e. The predicted octanol–water partition coefficient (Wildman–Crippen LogP) is 4.84. The van der Waals surface area contributed by atoms with Gasteiger partial charge in [-0.25, -0.2) is 0 Å². The molecule has 1 saturated heterocycles. The van der Waals surface area contributed by atoms with E-state index in [-0.39, 0.29) is 12.1 Å². The number of nitrogens with one attached hydrogen (secondary N) is 1. The molecule has 0 bridgehead atoms. The zero-order valence-corrected chi connectivity index (χ0v) is 22.8. The van der Waals surface area contributed by atoms with Crippen molar-refractivity contribution in [3.05, 3.63) is 63.7 Å². The molecule has 0 unspecified atom stereocenters. The summed E-state index contributed by atoms with van der Waals surface area (Å²) in [6.45, 7) is 9.63. The summed E-state index contributed by atoms with van der Waals surface area (Å²) in [5, 5.41) is 3.13. The summed E-state index contributed by atoms with van der Waals surface area (Å²) in [4.78, 5) is 18.0. The normalized spacial score (nSPS) is 16.4. The summed E-state index contributed by atoms with van der Waals surface area (Å²) < 4.78 is 53.9. The molecule has 10 heteroatoms. The highest BCUT2D eigenvalue weighted by atomic mass is 35.5. The first-order chi connectivity index (χ1) is 16.8. The number of piperazine rings is 1. The van der Waals surface area contributed by atoms with Crippen molar-refractivity contribution in [2.45, 2.75) is 51.0 Å². The molecule has 2 aromatic carbocycles. The molecule has 0 saturated carbocycles. The van der Waals surface area contributed by atoms with E-state index in [2.05, 4.69) is 29.0 Å². The monoisotopic (exact) mass is 545 g/mol. The lowest BCUT2D eigenvalue weighted by atomic mass is 10.0. The van der Waals surface area contributed by atoms with E-state index in [1.165, 1.54) is 6.07 Å². The van der Waals surface area contributed by atoms with Crippen molar-refractivity contribution in [1.29, 1.82) is 0 Å². The molecule has 1 heterocycles. The molecule has 1 aliphatic heterocycles. The van der Waals surface area contributed by atoms with E-state index in [9.17, 15) is 22.2 Å². The van der Waals surface area contributed by atoms with Gasteiger partial charge in [-0.2, -0.15) is 13.2 Å². The lowest BCUT2D eigenvalue weighted by molar-refractivity contribution is -0.137. The Kier molecular flexibility index (Phi) is 9.25. The zero-order valence-electron chi connectivity index (χ0n) is 21.2. The molecule has 1 aliphatic rings. The van der Waals surface area contributed by atoms with Gasteiger partial charge in [-0.15, -0.1) is 0 Å². The first kappa shape index (κ1) is 28.6. The van der Waals surface area contributed by atoms with Gasteiger partial charge in [-0.3, -0.25) is 18.8 Å². The standard InChI is InChI=1S/C26H35ClF3N3O2S/c1-5-36(4,35)24-7-6-23(27)15-21(24)16-31-25(34)20-12-19(13-22(14-20)26(28,29)30)17-32-8-10-33(11-9-32)18(2)3/h6-7,12-15,18,36H,5,8-11,16-17H2,1-4H3,(H,31,34). The molecule has 0 spiro atoms. The number of amides is 1. The van der Waals surface area contributed by atoms with E-state index in [4.69, 9.17) is 11.6 Å². The van der Waals surface area contributed by atoms with Gasteiger partial charge in [0.05, 0.1) is 5.56 Å². The lowest BCUT2D eigenvalue weighted by Gasteiger charge is -2.37. The van der Waals surface area contributed by atoms with E-state index in [1.54, 1.807) is 24.5 Å². The van der Waals surface area contributed by atoms with Crippen molar-refractivity contribution >= 4 is 27.4 Å². The first-order valence-corrected chi connectivity index (χ1v) is 14.8. The third-order valence-electron chi connectivity index (χ3n) is 6.72. The van der Waals surface area contributed by atoms with Crippen LogP contribution >= 0.6 is 11.6 Å². The molecule has 0 aliphatic carbocycles. The zero-order chi connectivity index (χ0) is 26.7. The lowest BCUT2D eigenvalue weighted by Crippen LogP contribution is -2.48. The van der Waals surface area contributed by atoms with Crippen molar-refractivity contribution in [1.82, 2.24) is 15.1 Å². The van der Waals surface area contributed by atoms with Crippen LogP contribution in [0.15, 0.2) is 41.3 Å². The van der Waals surface area contributed by atoms with Gasteiger partial charge < -0.3 is 5.32 Å². The van der Waals surface area contributed by atoms with E-state index < -0.39 is 27.6 Å². The van der Waals surface area contributed by atoms with Crippen LogP contribution in [0.4, 0.5) is 13.2 Å². The van der Waals surface area contributed by atoms with Crippen LogP contribution in [0.2, 0.25) is 5.02 Å². The Morgan fingerprint density at radius 3 is 2.36 bits per heavy atom. The molecular weight excluding hydrogens is 511 g/mol. The number of thiol groups is 1. The summed E-state index contributed by atoms with van der Waals surface area (Å²) >= 11 is 6.12. The number of halogens is 4. The maximum absolute atomic E-state index is 13.7. The Morgan fingerprint density at radius 2 is 1.78 bits per heavy atom. The molecule has 5 nitrogen and oxygen atoms in total. The number of alkyl halides is 3. The van der Waals surface area contributed by atoms with Gasteiger partial charge >= 0.3 is 6.18 Å². The molecular formula is C26H35ClF3N3O2S. The average Bonchev–Trinajstić information content (AvgIpc) is 2.82. The second kappa shape index (κ2) is 11.6. The molecule has 1 amide bonds. The van der Waals surface area contributed by atoms with Gasteiger partial charge in [0.25, 0.3) is 5.91 Å². The predicted molar refractivity (Wildman–Crippen MR) is 140 cm³/mol. The summed E-state index contributed by atoms with van der Waals surface area (Å²) in [5.74, 6) is -0.182. The third-order valence-corrected chi connectivity index (χ3v) is 9.62. The number of rotatable bonds is 8. The Morgan fingerprint density at radius 1 is 1.11 bits per heavy atom. The third kappa shape index (κ3) is 7.31. The highest BCUT2D eigenvalue weighted by Crippen LogP contribution is 2.31. The van der Waals surface area contributed by atoms with Gasteiger partial charge in [0.2, 0.25) is 0 Å².